The second kappa shape index (κ2) is 10.1. The van der Waals surface area contributed by atoms with Crippen molar-refractivity contribution < 1.29 is 19.4 Å². The molecule has 4 rings (SSSR count). The lowest BCUT2D eigenvalue weighted by molar-refractivity contribution is 0.145. The molecule has 9 nitrogen and oxygen atoms in total. The fourth-order valence-corrected chi connectivity index (χ4v) is 3.12. The number of benzene rings is 1. The Morgan fingerprint density at radius 1 is 1.13 bits per heavy atom. The summed E-state index contributed by atoms with van der Waals surface area (Å²) in [6.07, 6.45) is 1.27. The van der Waals surface area contributed by atoms with Crippen LogP contribution >= 0.6 is 0 Å². The lowest BCUT2D eigenvalue weighted by Crippen LogP contribution is -2.29. The topological polar surface area (TPSA) is 137 Å². The van der Waals surface area contributed by atoms with Crippen molar-refractivity contribution in [2.45, 2.75) is 12.5 Å². The fraction of sp³-hybridized carbons (Fsp3) is 0.227. The molecular formula is C22H25N5O4. The molecule has 1 aliphatic heterocycles. The maximum Gasteiger partial charge on any atom is 0.407 e. The summed E-state index contributed by atoms with van der Waals surface area (Å²) in [5, 5.41) is 9.00. The summed E-state index contributed by atoms with van der Waals surface area (Å²) in [7, 11) is 1.58. The van der Waals surface area contributed by atoms with Gasteiger partial charge >= 0.3 is 6.09 Å². The van der Waals surface area contributed by atoms with Crippen molar-refractivity contribution in [2.75, 3.05) is 31.7 Å². The summed E-state index contributed by atoms with van der Waals surface area (Å²) in [5.74, 6) is 2.27. The predicted octanol–water partition coefficient (Wildman–Crippen LogP) is 3.13. The van der Waals surface area contributed by atoms with E-state index in [0.29, 0.717) is 42.6 Å². The van der Waals surface area contributed by atoms with Crippen LogP contribution in [-0.4, -0.2) is 52.4 Å². The van der Waals surface area contributed by atoms with Gasteiger partial charge in [0.1, 0.15) is 29.2 Å². The molecule has 0 bridgehead atoms. The van der Waals surface area contributed by atoms with Crippen LogP contribution in [0.1, 0.15) is 6.42 Å². The lowest BCUT2D eigenvalue weighted by atomic mass is 10.1. The number of aromatic nitrogens is 2. The van der Waals surface area contributed by atoms with Crippen molar-refractivity contribution in [3.8, 4) is 22.8 Å². The molecule has 3 aromatic rings. The molecule has 9 heteroatoms. The van der Waals surface area contributed by atoms with Gasteiger partial charge in [0.15, 0.2) is 0 Å². The SMILES string of the molecule is COc1cc(OC2CCN(C(=O)O)C2)ccc1-c1cccc(N)n1.Nc1ccccn1. The Balaban J connectivity index is 0.000000330. The number of nitrogens with zero attached hydrogens (tertiary/aromatic N) is 3. The molecular weight excluding hydrogens is 398 g/mol. The number of amides is 1. The van der Waals surface area contributed by atoms with Gasteiger partial charge in [-0.1, -0.05) is 12.1 Å². The van der Waals surface area contributed by atoms with Gasteiger partial charge < -0.3 is 30.9 Å². The molecule has 1 saturated heterocycles. The molecule has 1 fully saturated rings. The van der Waals surface area contributed by atoms with E-state index in [0.717, 1.165) is 11.3 Å². The number of nitrogen functional groups attached to an aromatic ring is 2. The number of likely N-dealkylation sites (tertiary alicyclic amines) is 1. The van der Waals surface area contributed by atoms with Crippen LogP contribution < -0.4 is 20.9 Å². The van der Waals surface area contributed by atoms with Crippen LogP contribution in [0.4, 0.5) is 16.4 Å². The molecule has 0 saturated carbocycles. The van der Waals surface area contributed by atoms with Crippen molar-refractivity contribution in [3.63, 3.8) is 0 Å². The number of carboxylic acid groups (broad SMARTS) is 1. The Morgan fingerprint density at radius 2 is 1.94 bits per heavy atom. The number of ether oxygens (including phenoxy) is 2. The van der Waals surface area contributed by atoms with Gasteiger partial charge in [0.25, 0.3) is 0 Å². The van der Waals surface area contributed by atoms with Crippen molar-refractivity contribution in [1.29, 1.82) is 0 Å². The Labute approximate surface area is 180 Å². The molecule has 1 aliphatic rings. The monoisotopic (exact) mass is 423 g/mol. The minimum Gasteiger partial charge on any atom is -0.496 e. The first-order valence-corrected chi connectivity index (χ1v) is 9.68. The van der Waals surface area contributed by atoms with Gasteiger partial charge in [-0.3, -0.25) is 0 Å². The standard InChI is InChI=1S/C17H19N3O4.C5H6N2/c1-23-15-9-11(24-12-7-8-20(10-12)17(21)22)5-6-13(15)14-3-2-4-16(18)19-14;6-5-3-1-2-4-7-5/h2-6,9,12H,7-8,10H2,1H3,(H2,18,19)(H,21,22);1-4H,(H2,6,7). The maximum atomic E-state index is 11.0. The molecule has 0 spiro atoms. The molecule has 31 heavy (non-hydrogen) atoms. The molecule has 0 radical (unpaired) electrons. The van der Waals surface area contributed by atoms with E-state index < -0.39 is 6.09 Å². The summed E-state index contributed by atoms with van der Waals surface area (Å²) in [4.78, 5) is 20.4. The first-order chi connectivity index (χ1) is 15.0. The third kappa shape index (κ3) is 5.99. The number of rotatable bonds is 4. The highest BCUT2D eigenvalue weighted by Gasteiger charge is 2.27. The van der Waals surface area contributed by atoms with Crippen LogP contribution in [0.25, 0.3) is 11.3 Å². The Morgan fingerprint density at radius 3 is 2.52 bits per heavy atom. The summed E-state index contributed by atoms with van der Waals surface area (Å²) in [5.41, 5.74) is 12.5. The highest BCUT2D eigenvalue weighted by atomic mass is 16.5. The highest BCUT2D eigenvalue weighted by molar-refractivity contribution is 5.69. The van der Waals surface area contributed by atoms with E-state index in [4.69, 9.17) is 26.0 Å². The highest BCUT2D eigenvalue weighted by Crippen LogP contribution is 2.33. The first-order valence-electron chi connectivity index (χ1n) is 9.68. The summed E-state index contributed by atoms with van der Waals surface area (Å²) < 4.78 is 11.3. The quantitative estimate of drug-likeness (QED) is 0.582. The largest absolute Gasteiger partial charge is 0.496 e. The van der Waals surface area contributed by atoms with Gasteiger partial charge in [-0.2, -0.15) is 0 Å². The van der Waals surface area contributed by atoms with E-state index in [2.05, 4.69) is 9.97 Å². The Kier molecular flexibility index (Phi) is 7.10. The van der Waals surface area contributed by atoms with E-state index in [1.54, 1.807) is 31.5 Å². The maximum absolute atomic E-state index is 11.0. The van der Waals surface area contributed by atoms with Gasteiger partial charge in [0.05, 0.1) is 19.3 Å². The molecule has 1 atom stereocenters. The van der Waals surface area contributed by atoms with E-state index in [9.17, 15) is 4.79 Å². The minimum absolute atomic E-state index is 0.151. The average molecular weight is 423 g/mol. The molecule has 162 valence electrons. The molecule has 0 aliphatic carbocycles. The van der Waals surface area contributed by atoms with Crippen LogP contribution in [0.3, 0.4) is 0 Å². The molecule has 2 aromatic heterocycles. The molecule has 1 unspecified atom stereocenters. The zero-order valence-corrected chi connectivity index (χ0v) is 17.1. The normalized spacial score (nSPS) is 15.0. The first kappa shape index (κ1) is 21.7. The molecule has 1 aromatic carbocycles. The third-order valence-electron chi connectivity index (χ3n) is 4.63. The Hall–Kier alpha value is -4.01. The summed E-state index contributed by atoms with van der Waals surface area (Å²) >= 11 is 0. The van der Waals surface area contributed by atoms with Crippen molar-refractivity contribution in [2.24, 2.45) is 0 Å². The minimum atomic E-state index is -0.915. The zero-order valence-electron chi connectivity index (χ0n) is 17.1. The molecule has 1 amide bonds. The smallest absolute Gasteiger partial charge is 0.407 e. The van der Waals surface area contributed by atoms with E-state index in [1.165, 1.54) is 4.90 Å². The second-order valence-corrected chi connectivity index (χ2v) is 6.82. The summed E-state index contributed by atoms with van der Waals surface area (Å²) in [6.45, 7) is 0.860. The van der Waals surface area contributed by atoms with Gasteiger partial charge in [-0.15, -0.1) is 0 Å². The fourth-order valence-electron chi connectivity index (χ4n) is 3.12. The number of pyridine rings is 2. The van der Waals surface area contributed by atoms with Crippen LogP contribution in [0.2, 0.25) is 0 Å². The number of anilines is 2. The summed E-state index contributed by atoms with van der Waals surface area (Å²) in [6, 6.07) is 16.3. The molecule has 5 N–H and O–H groups in total. The number of hydrogen-bond donors (Lipinski definition) is 3. The lowest BCUT2D eigenvalue weighted by Gasteiger charge is -2.16. The van der Waals surface area contributed by atoms with Crippen molar-refractivity contribution in [1.82, 2.24) is 14.9 Å². The van der Waals surface area contributed by atoms with Gasteiger partial charge in [-0.25, -0.2) is 14.8 Å². The number of methoxy groups -OCH3 is 1. The van der Waals surface area contributed by atoms with Crippen LogP contribution in [0, 0.1) is 0 Å². The van der Waals surface area contributed by atoms with E-state index >= 15 is 0 Å². The van der Waals surface area contributed by atoms with Gasteiger partial charge in [0.2, 0.25) is 0 Å². The van der Waals surface area contributed by atoms with Gasteiger partial charge in [0, 0.05) is 30.8 Å². The zero-order chi connectivity index (χ0) is 22.2. The number of carbonyl (C=O) groups is 1. The number of hydrogen-bond acceptors (Lipinski definition) is 7. The van der Waals surface area contributed by atoms with E-state index in [-0.39, 0.29) is 6.10 Å². The van der Waals surface area contributed by atoms with Gasteiger partial charge in [-0.05, 0) is 36.4 Å². The van der Waals surface area contributed by atoms with Crippen LogP contribution in [0.5, 0.6) is 11.5 Å². The number of nitrogens with two attached hydrogens (primary N) is 2. The predicted molar refractivity (Wildman–Crippen MR) is 118 cm³/mol. The second-order valence-electron chi connectivity index (χ2n) is 6.82. The molecule has 3 heterocycles. The van der Waals surface area contributed by atoms with Crippen molar-refractivity contribution >= 4 is 17.7 Å². The van der Waals surface area contributed by atoms with E-state index in [1.807, 2.05) is 36.4 Å². The van der Waals surface area contributed by atoms with Crippen LogP contribution in [-0.2, 0) is 0 Å². The average Bonchev–Trinajstić information content (AvgIpc) is 3.23. The Bertz CT molecular complexity index is 1020. The van der Waals surface area contributed by atoms with Crippen molar-refractivity contribution in [3.05, 3.63) is 60.8 Å². The van der Waals surface area contributed by atoms with Crippen LogP contribution in [0.15, 0.2) is 60.8 Å². The third-order valence-corrected chi connectivity index (χ3v) is 4.63.